The fraction of sp³-hybridized carbons (Fsp3) is 0.769. The van der Waals surface area contributed by atoms with E-state index in [0.717, 1.165) is 12.5 Å². The first-order valence-electron chi connectivity index (χ1n) is 6.49. The molecule has 0 amide bonds. The molecule has 1 atom stereocenters. The van der Waals surface area contributed by atoms with Gasteiger partial charge in [0.2, 0.25) is 0 Å². The van der Waals surface area contributed by atoms with Gasteiger partial charge in [-0.2, -0.15) is 0 Å². The Balaban J connectivity index is 1.63. The molecular weight excluding hydrogens is 216 g/mol. The third kappa shape index (κ3) is 3.56. The SMILES string of the molecule is CC(NCCC1CCCCC1)c1nccs1. The molecule has 1 unspecified atom stereocenters. The Kier molecular flexibility index (Phi) is 4.79. The predicted octanol–water partition coefficient (Wildman–Crippen LogP) is 3.76. The number of hydrogen-bond acceptors (Lipinski definition) is 3. The van der Waals surface area contributed by atoms with Crippen molar-refractivity contribution in [2.45, 2.75) is 51.5 Å². The molecule has 1 aliphatic rings. The lowest BCUT2D eigenvalue weighted by atomic mass is 9.87. The smallest absolute Gasteiger partial charge is 0.109 e. The zero-order chi connectivity index (χ0) is 11.2. The van der Waals surface area contributed by atoms with Crippen molar-refractivity contribution in [1.29, 1.82) is 0 Å². The van der Waals surface area contributed by atoms with Crippen LogP contribution in [-0.2, 0) is 0 Å². The maximum absolute atomic E-state index is 4.34. The van der Waals surface area contributed by atoms with E-state index in [4.69, 9.17) is 0 Å². The highest BCUT2D eigenvalue weighted by molar-refractivity contribution is 7.09. The van der Waals surface area contributed by atoms with E-state index in [9.17, 15) is 0 Å². The van der Waals surface area contributed by atoms with Crippen LogP contribution in [0, 0.1) is 5.92 Å². The van der Waals surface area contributed by atoms with Crippen LogP contribution in [0.3, 0.4) is 0 Å². The highest BCUT2D eigenvalue weighted by atomic mass is 32.1. The predicted molar refractivity (Wildman–Crippen MR) is 69.7 cm³/mol. The zero-order valence-electron chi connectivity index (χ0n) is 10.1. The van der Waals surface area contributed by atoms with Crippen molar-refractivity contribution in [3.63, 3.8) is 0 Å². The molecule has 0 spiro atoms. The monoisotopic (exact) mass is 238 g/mol. The van der Waals surface area contributed by atoms with Gasteiger partial charge in [-0.25, -0.2) is 4.98 Å². The lowest BCUT2D eigenvalue weighted by Gasteiger charge is -2.22. The second-order valence-electron chi connectivity index (χ2n) is 4.84. The van der Waals surface area contributed by atoms with Crippen LogP contribution < -0.4 is 5.32 Å². The van der Waals surface area contributed by atoms with Gasteiger partial charge in [0.15, 0.2) is 0 Å². The molecule has 0 bridgehead atoms. The quantitative estimate of drug-likeness (QED) is 0.844. The average Bonchev–Trinajstić information content (AvgIpc) is 2.84. The summed E-state index contributed by atoms with van der Waals surface area (Å²) in [6.45, 7) is 3.35. The van der Waals surface area contributed by atoms with Gasteiger partial charge >= 0.3 is 0 Å². The molecule has 1 fully saturated rings. The summed E-state index contributed by atoms with van der Waals surface area (Å²) < 4.78 is 0. The minimum absolute atomic E-state index is 0.420. The number of nitrogens with zero attached hydrogens (tertiary/aromatic N) is 1. The molecule has 16 heavy (non-hydrogen) atoms. The maximum atomic E-state index is 4.34. The molecule has 2 rings (SSSR count). The zero-order valence-corrected chi connectivity index (χ0v) is 10.9. The molecule has 3 heteroatoms. The van der Waals surface area contributed by atoms with Crippen molar-refractivity contribution in [3.8, 4) is 0 Å². The molecule has 90 valence electrons. The Morgan fingerprint density at radius 1 is 1.44 bits per heavy atom. The van der Waals surface area contributed by atoms with E-state index >= 15 is 0 Å². The molecule has 0 aliphatic heterocycles. The summed E-state index contributed by atoms with van der Waals surface area (Å²) in [7, 11) is 0. The summed E-state index contributed by atoms with van der Waals surface area (Å²) in [4.78, 5) is 4.34. The van der Waals surface area contributed by atoms with Crippen molar-refractivity contribution in [1.82, 2.24) is 10.3 Å². The maximum Gasteiger partial charge on any atom is 0.109 e. The Morgan fingerprint density at radius 3 is 2.94 bits per heavy atom. The molecule has 1 heterocycles. The molecule has 1 aliphatic carbocycles. The van der Waals surface area contributed by atoms with E-state index < -0.39 is 0 Å². The Bertz CT molecular complexity index is 278. The fourth-order valence-electron chi connectivity index (χ4n) is 2.52. The Labute approximate surface area is 102 Å². The van der Waals surface area contributed by atoms with Crippen molar-refractivity contribution >= 4 is 11.3 Å². The van der Waals surface area contributed by atoms with E-state index in [1.807, 2.05) is 6.20 Å². The number of thiazole rings is 1. The molecule has 1 aromatic heterocycles. The highest BCUT2D eigenvalue weighted by Crippen LogP contribution is 2.26. The summed E-state index contributed by atoms with van der Waals surface area (Å²) in [5.41, 5.74) is 0. The van der Waals surface area contributed by atoms with Gasteiger partial charge in [-0.05, 0) is 25.8 Å². The molecule has 1 saturated carbocycles. The molecule has 1 N–H and O–H groups in total. The summed E-state index contributed by atoms with van der Waals surface area (Å²) >= 11 is 1.74. The summed E-state index contributed by atoms with van der Waals surface area (Å²) in [6, 6.07) is 0.420. The Hall–Kier alpha value is -0.410. The van der Waals surface area contributed by atoms with Gasteiger partial charge in [-0.3, -0.25) is 0 Å². The minimum Gasteiger partial charge on any atom is -0.308 e. The first kappa shape index (κ1) is 12.1. The van der Waals surface area contributed by atoms with Gasteiger partial charge in [0.05, 0.1) is 6.04 Å². The van der Waals surface area contributed by atoms with Crippen LogP contribution in [0.1, 0.15) is 56.5 Å². The van der Waals surface area contributed by atoms with Gasteiger partial charge in [0.25, 0.3) is 0 Å². The van der Waals surface area contributed by atoms with E-state index in [0.29, 0.717) is 6.04 Å². The molecule has 0 radical (unpaired) electrons. The van der Waals surface area contributed by atoms with Gasteiger partial charge in [0.1, 0.15) is 5.01 Å². The van der Waals surface area contributed by atoms with Crippen LogP contribution in [0.4, 0.5) is 0 Å². The molecule has 2 nitrogen and oxygen atoms in total. The first-order chi connectivity index (χ1) is 7.86. The highest BCUT2D eigenvalue weighted by Gasteiger charge is 2.13. The van der Waals surface area contributed by atoms with Crippen LogP contribution in [0.15, 0.2) is 11.6 Å². The summed E-state index contributed by atoms with van der Waals surface area (Å²) in [5.74, 6) is 0.977. The molecular formula is C13H22N2S. The molecule has 1 aromatic rings. The van der Waals surface area contributed by atoms with Gasteiger partial charge in [0, 0.05) is 11.6 Å². The normalized spacial score (nSPS) is 19.8. The van der Waals surface area contributed by atoms with Crippen LogP contribution in [0.25, 0.3) is 0 Å². The second-order valence-corrected chi connectivity index (χ2v) is 5.77. The lowest BCUT2D eigenvalue weighted by Crippen LogP contribution is -2.22. The third-order valence-corrected chi connectivity index (χ3v) is 4.51. The van der Waals surface area contributed by atoms with Crippen LogP contribution in [0.5, 0.6) is 0 Å². The summed E-state index contributed by atoms with van der Waals surface area (Å²) in [6.07, 6.45) is 10.5. The first-order valence-corrected chi connectivity index (χ1v) is 7.37. The van der Waals surface area contributed by atoms with E-state index in [1.165, 1.54) is 43.5 Å². The largest absolute Gasteiger partial charge is 0.308 e. The van der Waals surface area contributed by atoms with Crippen molar-refractivity contribution in [2.75, 3.05) is 6.54 Å². The van der Waals surface area contributed by atoms with E-state index in [1.54, 1.807) is 11.3 Å². The van der Waals surface area contributed by atoms with E-state index in [-0.39, 0.29) is 0 Å². The van der Waals surface area contributed by atoms with Crippen molar-refractivity contribution in [2.24, 2.45) is 5.92 Å². The van der Waals surface area contributed by atoms with Gasteiger partial charge < -0.3 is 5.32 Å². The minimum atomic E-state index is 0.420. The fourth-order valence-corrected chi connectivity index (χ4v) is 3.19. The van der Waals surface area contributed by atoms with Crippen LogP contribution in [0.2, 0.25) is 0 Å². The van der Waals surface area contributed by atoms with Crippen LogP contribution >= 0.6 is 11.3 Å². The number of rotatable bonds is 5. The second kappa shape index (κ2) is 6.36. The van der Waals surface area contributed by atoms with Crippen LogP contribution in [-0.4, -0.2) is 11.5 Å². The number of hydrogen-bond donors (Lipinski definition) is 1. The van der Waals surface area contributed by atoms with Gasteiger partial charge in [-0.15, -0.1) is 11.3 Å². The Morgan fingerprint density at radius 2 is 2.25 bits per heavy atom. The summed E-state index contributed by atoms with van der Waals surface area (Å²) in [5, 5.41) is 6.84. The third-order valence-electron chi connectivity index (χ3n) is 3.55. The topological polar surface area (TPSA) is 24.9 Å². The van der Waals surface area contributed by atoms with Crippen molar-refractivity contribution < 1.29 is 0 Å². The molecule has 0 aromatic carbocycles. The van der Waals surface area contributed by atoms with E-state index in [2.05, 4.69) is 22.6 Å². The lowest BCUT2D eigenvalue weighted by molar-refractivity contribution is 0.329. The van der Waals surface area contributed by atoms with Gasteiger partial charge in [-0.1, -0.05) is 32.1 Å². The standard InChI is InChI=1S/C13H22N2S/c1-11(13-15-9-10-16-13)14-8-7-12-5-3-2-4-6-12/h9-12,14H,2-8H2,1H3. The average molecular weight is 238 g/mol. The molecule has 0 saturated heterocycles. The number of aromatic nitrogens is 1. The van der Waals surface area contributed by atoms with Crippen molar-refractivity contribution in [3.05, 3.63) is 16.6 Å². The number of nitrogens with one attached hydrogen (secondary N) is 1.